The summed E-state index contributed by atoms with van der Waals surface area (Å²) in [5.74, 6) is -1.96. The third-order valence-corrected chi connectivity index (χ3v) is 21.4. The predicted molar refractivity (Wildman–Crippen MR) is 429 cm³/mol. The van der Waals surface area contributed by atoms with Gasteiger partial charge >= 0.3 is 17.9 Å². The molecule has 0 heterocycles. The Morgan fingerprint density at radius 2 is 0.455 bits per heavy atom. The van der Waals surface area contributed by atoms with E-state index in [0.29, 0.717) is 17.4 Å². The number of carboxylic acids is 1. The Hall–Kier alpha value is -1.71. The highest BCUT2D eigenvalue weighted by Gasteiger charge is 2.25. The van der Waals surface area contributed by atoms with E-state index in [1.54, 1.807) is 0 Å². The van der Waals surface area contributed by atoms with Gasteiger partial charge in [-0.2, -0.15) is 0 Å². The number of ether oxygens (including phenoxy) is 4. The SMILES string of the molecule is CCCCCCCCCCCCCCCCCCCCCCCCCCCCCCCCCCCCCCCC(=O)OCC(COC(OCC[N+](C)(C)C)C(=O)O)OC(=O)CCCCCCCCCCCCCCCCCCCCCCCCCCCCCCCCCCCCCCC. The number of carboxylic acid groups (broad SMARTS) is 1. The van der Waals surface area contributed by atoms with E-state index in [9.17, 15) is 19.5 Å². The maximum absolute atomic E-state index is 13.0. The normalized spacial score (nSPS) is 12.5. The second-order valence-electron chi connectivity index (χ2n) is 32.6. The average Bonchev–Trinajstić information content (AvgIpc) is 1.41. The van der Waals surface area contributed by atoms with E-state index in [0.717, 1.165) is 38.5 Å². The predicted octanol–water partition coefficient (Wildman–Crippen LogP) is 29.3. The maximum atomic E-state index is 13.0. The molecule has 2 atom stereocenters. The molecular formula is C90H178NO8+. The van der Waals surface area contributed by atoms with Gasteiger partial charge in [0.15, 0.2) is 6.10 Å². The lowest BCUT2D eigenvalue weighted by Gasteiger charge is -2.25. The van der Waals surface area contributed by atoms with Gasteiger partial charge in [-0.15, -0.1) is 0 Å². The zero-order chi connectivity index (χ0) is 71.8. The summed E-state index contributed by atoms with van der Waals surface area (Å²) < 4.78 is 23.1. The second-order valence-corrected chi connectivity index (χ2v) is 32.6. The summed E-state index contributed by atoms with van der Waals surface area (Å²) in [5, 5.41) is 9.79. The molecule has 9 nitrogen and oxygen atoms in total. The molecule has 0 aliphatic carbocycles. The first-order valence-electron chi connectivity index (χ1n) is 45.2. The summed E-state index contributed by atoms with van der Waals surface area (Å²) in [5.41, 5.74) is 0. The Morgan fingerprint density at radius 1 is 0.263 bits per heavy atom. The zero-order valence-corrected chi connectivity index (χ0v) is 68.0. The zero-order valence-electron chi connectivity index (χ0n) is 68.0. The number of aliphatic carboxylic acids is 1. The summed E-state index contributed by atoms with van der Waals surface area (Å²) in [4.78, 5) is 37.8. The molecule has 0 aromatic rings. The summed E-state index contributed by atoms with van der Waals surface area (Å²) in [6.45, 7) is 5.00. The van der Waals surface area contributed by atoms with Crippen LogP contribution in [0.1, 0.15) is 502 Å². The molecule has 0 bridgehead atoms. The number of quaternary nitrogens is 1. The Bertz CT molecular complexity index is 1580. The summed E-state index contributed by atoms with van der Waals surface area (Å²) in [7, 11) is 6.01. The number of carbonyl (C=O) groups excluding carboxylic acids is 2. The van der Waals surface area contributed by atoms with Crippen molar-refractivity contribution in [2.75, 3.05) is 47.5 Å². The molecule has 0 aliphatic heterocycles. The first-order chi connectivity index (χ1) is 48.6. The minimum atomic E-state index is -1.51. The fourth-order valence-corrected chi connectivity index (χ4v) is 14.5. The molecule has 2 unspecified atom stereocenters. The Balaban J connectivity index is 3.87. The lowest BCUT2D eigenvalue weighted by molar-refractivity contribution is -0.870. The van der Waals surface area contributed by atoms with Gasteiger partial charge in [0, 0.05) is 12.8 Å². The molecule has 1 N–H and O–H groups in total. The van der Waals surface area contributed by atoms with Crippen molar-refractivity contribution >= 4 is 17.9 Å². The van der Waals surface area contributed by atoms with Crippen molar-refractivity contribution in [2.45, 2.75) is 514 Å². The number of carbonyl (C=O) groups is 3. The Morgan fingerprint density at radius 3 is 0.646 bits per heavy atom. The van der Waals surface area contributed by atoms with Crippen molar-refractivity contribution in [2.24, 2.45) is 0 Å². The van der Waals surface area contributed by atoms with Crippen LogP contribution < -0.4 is 0 Å². The molecule has 99 heavy (non-hydrogen) atoms. The van der Waals surface area contributed by atoms with Crippen LogP contribution in [0.15, 0.2) is 0 Å². The summed E-state index contributed by atoms with van der Waals surface area (Å²) in [6, 6.07) is 0. The van der Waals surface area contributed by atoms with E-state index >= 15 is 0 Å². The molecule has 0 aromatic heterocycles. The van der Waals surface area contributed by atoms with Gasteiger partial charge in [-0.05, 0) is 12.8 Å². The van der Waals surface area contributed by atoms with Crippen LogP contribution in [-0.4, -0.2) is 87.4 Å². The van der Waals surface area contributed by atoms with Crippen molar-refractivity contribution in [3.05, 3.63) is 0 Å². The fraction of sp³-hybridized carbons (Fsp3) is 0.967. The third-order valence-electron chi connectivity index (χ3n) is 21.4. The largest absolute Gasteiger partial charge is 0.477 e. The highest BCUT2D eigenvalue weighted by molar-refractivity contribution is 5.71. The standard InChI is InChI=1S/C90H177NO8/c1-6-8-10-12-14-16-18-20-22-24-26-28-30-32-34-36-38-40-42-44-46-48-50-52-54-56-58-60-62-64-66-68-70-72-74-76-78-80-87(92)97-84-86(85-98-90(89(94)95)96-83-82-91(3,4)5)99-88(93)81-79-77-75-73-71-69-67-65-63-61-59-57-55-53-51-49-47-45-43-41-39-37-35-33-31-29-27-25-23-21-19-17-15-13-11-9-7-2/h86,90H,6-85H2,1-5H3/p+1. The molecule has 0 rings (SSSR count). The van der Waals surface area contributed by atoms with Crippen LogP contribution >= 0.6 is 0 Å². The molecule has 0 spiro atoms. The van der Waals surface area contributed by atoms with Crippen LogP contribution in [-0.2, 0) is 33.3 Å². The first kappa shape index (κ1) is 97.3. The van der Waals surface area contributed by atoms with E-state index in [4.69, 9.17) is 18.9 Å². The van der Waals surface area contributed by atoms with Crippen LogP contribution in [0.3, 0.4) is 0 Å². The highest BCUT2D eigenvalue weighted by atomic mass is 16.7. The van der Waals surface area contributed by atoms with Crippen molar-refractivity contribution in [1.29, 1.82) is 0 Å². The fourth-order valence-electron chi connectivity index (χ4n) is 14.5. The van der Waals surface area contributed by atoms with E-state index < -0.39 is 18.4 Å². The van der Waals surface area contributed by atoms with Gasteiger partial charge in [-0.1, -0.05) is 476 Å². The van der Waals surface area contributed by atoms with Crippen molar-refractivity contribution in [3.8, 4) is 0 Å². The van der Waals surface area contributed by atoms with Gasteiger partial charge in [0.05, 0.1) is 34.4 Å². The molecule has 0 fully saturated rings. The van der Waals surface area contributed by atoms with Gasteiger partial charge in [0.2, 0.25) is 0 Å². The van der Waals surface area contributed by atoms with Crippen LogP contribution in [0, 0.1) is 0 Å². The van der Waals surface area contributed by atoms with Gasteiger partial charge in [-0.25, -0.2) is 4.79 Å². The Kier molecular flexibility index (Phi) is 80.5. The van der Waals surface area contributed by atoms with Gasteiger partial charge in [-0.3, -0.25) is 9.59 Å². The minimum absolute atomic E-state index is 0.171. The number of hydrogen-bond acceptors (Lipinski definition) is 7. The van der Waals surface area contributed by atoms with Gasteiger partial charge in [0.25, 0.3) is 6.29 Å². The monoisotopic (exact) mass is 1400 g/mol. The molecule has 0 aliphatic rings. The smallest absolute Gasteiger partial charge is 0.361 e. The van der Waals surface area contributed by atoms with Crippen LogP contribution in [0.4, 0.5) is 0 Å². The van der Waals surface area contributed by atoms with E-state index in [-0.39, 0.29) is 38.2 Å². The number of unbranched alkanes of at least 4 members (excludes halogenated alkanes) is 72. The van der Waals surface area contributed by atoms with E-state index in [2.05, 4.69) is 13.8 Å². The van der Waals surface area contributed by atoms with Crippen LogP contribution in [0.5, 0.6) is 0 Å². The second kappa shape index (κ2) is 82.0. The lowest BCUT2D eigenvalue weighted by atomic mass is 10.0. The minimum Gasteiger partial charge on any atom is -0.477 e. The summed E-state index contributed by atoms with van der Waals surface area (Å²) >= 11 is 0. The molecular weight excluding hydrogens is 1220 g/mol. The van der Waals surface area contributed by atoms with Crippen LogP contribution in [0.25, 0.3) is 0 Å². The highest BCUT2D eigenvalue weighted by Crippen LogP contribution is 2.22. The number of nitrogens with zero attached hydrogens (tertiary/aromatic N) is 1. The number of rotatable bonds is 87. The maximum Gasteiger partial charge on any atom is 0.361 e. The molecule has 9 heteroatoms. The molecule has 0 saturated heterocycles. The van der Waals surface area contributed by atoms with E-state index in [1.165, 1.54) is 437 Å². The number of esters is 2. The number of likely N-dealkylation sites (N-methyl/N-ethyl adjacent to an activating group) is 1. The Labute approximate surface area is 619 Å². The topological polar surface area (TPSA) is 108 Å². The van der Waals surface area contributed by atoms with Gasteiger partial charge < -0.3 is 28.5 Å². The van der Waals surface area contributed by atoms with Crippen molar-refractivity contribution in [3.63, 3.8) is 0 Å². The van der Waals surface area contributed by atoms with Crippen LogP contribution in [0.2, 0.25) is 0 Å². The average molecular weight is 1400 g/mol. The molecule has 0 radical (unpaired) electrons. The van der Waals surface area contributed by atoms with Crippen molar-refractivity contribution in [1.82, 2.24) is 0 Å². The van der Waals surface area contributed by atoms with E-state index in [1.807, 2.05) is 21.1 Å². The molecule has 0 saturated carbocycles. The lowest BCUT2D eigenvalue weighted by Crippen LogP contribution is -2.40. The molecule has 0 aromatic carbocycles. The summed E-state index contributed by atoms with van der Waals surface area (Å²) in [6.07, 6.45) is 100. The first-order valence-corrected chi connectivity index (χ1v) is 45.2. The molecule has 590 valence electrons. The number of hydrogen-bond donors (Lipinski definition) is 1. The quantitative estimate of drug-likeness (QED) is 0.0278. The third kappa shape index (κ3) is 83.4. The van der Waals surface area contributed by atoms with Gasteiger partial charge in [0.1, 0.15) is 13.2 Å². The molecule has 0 amide bonds. The van der Waals surface area contributed by atoms with Crippen molar-refractivity contribution < 1.29 is 42.9 Å².